The zero-order chi connectivity index (χ0) is 21.9. The van der Waals surface area contributed by atoms with Crippen molar-refractivity contribution in [2.75, 3.05) is 44.2 Å². The third kappa shape index (κ3) is 4.90. The standard InChI is InChI=1S/C22H25ClF4N2O/c1-2-20(24)18-14-15(29-9-7-28(8-10-29)11-12-30)13-17(21(18)23)16-5-3-4-6-19(16)22(25,26)27/h3-6,13-14,20,30H,2,7-12H2,1H3. The molecule has 0 radical (unpaired) electrons. The van der Waals surface area contributed by atoms with Gasteiger partial charge in [-0.2, -0.15) is 13.2 Å². The van der Waals surface area contributed by atoms with Crippen LogP contribution in [0.3, 0.4) is 0 Å². The molecule has 8 heteroatoms. The second-order valence-corrected chi connectivity index (χ2v) is 7.75. The summed E-state index contributed by atoms with van der Waals surface area (Å²) in [6.07, 6.45) is -5.75. The first kappa shape index (κ1) is 22.8. The third-order valence-corrected chi connectivity index (χ3v) is 5.88. The number of rotatable bonds is 6. The van der Waals surface area contributed by atoms with E-state index >= 15 is 0 Å². The Morgan fingerprint density at radius 1 is 1.07 bits per heavy atom. The number of nitrogens with zero attached hydrogens (tertiary/aromatic N) is 2. The maximum absolute atomic E-state index is 14.7. The fraction of sp³-hybridized carbons (Fsp3) is 0.455. The quantitative estimate of drug-likeness (QED) is 0.591. The van der Waals surface area contributed by atoms with Gasteiger partial charge in [-0.1, -0.05) is 36.7 Å². The van der Waals surface area contributed by atoms with Gasteiger partial charge in [0.15, 0.2) is 0 Å². The molecule has 1 heterocycles. The average molecular weight is 445 g/mol. The minimum Gasteiger partial charge on any atom is -0.395 e. The molecule has 1 saturated heterocycles. The van der Waals surface area contributed by atoms with E-state index in [2.05, 4.69) is 4.90 Å². The van der Waals surface area contributed by atoms with Crippen LogP contribution >= 0.6 is 11.6 Å². The van der Waals surface area contributed by atoms with Crippen molar-refractivity contribution < 1.29 is 22.7 Å². The third-order valence-electron chi connectivity index (χ3n) is 5.46. The van der Waals surface area contributed by atoms with Gasteiger partial charge in [-0.05, 0) is 30.2 Å². The van der Waals surface area contributed by atoms with Gasteiger partial charge in [-0.15, -0.1) is 0 Å². The molecule has 0 amide bonds. The van der Waals surface area contributed by atoms with Crippen LogP contribution in [0.4, 0.5) is 23.2 Å². The lowest BCUT2D eigenvalue weighted by atomic mass is 9.94. The van der Waals surface area contributed by atoms with Crippen LogP contribution in [-0.4, -0.2) is 49.3 Å². The molecule has 0 bridgehead atoms. The highest BCUT2D eigenvalue weighted by atomic mass is 35.5. The maximum Gasteiger partial charge on any atom is 0.417 e. The SMILES string of the molecule is CCC(F)c1cc(N2CCN(CCO)CC2)cc(-c2ccccc2C(F)(F)F)c1Cl. The van der Waals surface area contributed by atoms with E-state index in [-0.39, 0.29) is 34.7 Å². The Hall–Kier alpha value is -1.83. The van der Waals surface area contributed by atoms with Gasteiger partial charge in [0.05, 0.1) is 17.2 Å². The molecule has 1 N–H and O–H groups in total. The molecule has 1 atom stereocenters. The zero-order valence-corrected chi connectivity index (χ0v) is 17.5. The van der Waals surface area contributed by atoms with Crippen LogP contribution in [0.2, 0.25) is 5.02 Å². The maximum atomic E-state index is 14.7. The Balaban J connectivity index is 2.08. The number of β-amino-alcohol motifs (C(OH)–C–C–N with tert-alkyl or cyclic N) is 1. The number of halogens is 5. The van der Waals surface area contributed by atoms with E-state index < -0.39 is 17.9 Å². The van der Waals surface area contributed by atoms with Gasteiger partial charge in [0.2, 0.25) is 0 Å². The van der Waals surface area contributed by atoms with Gasteiger partial charge in [-0.3, -0.25) is 4.90 Å². The molecular weight excluding hydrogens is 420 g/mol. The normalized spacial score (nSPS) is 16.7. The minimum absolute atomic E-state index is 0.0173. The fourth-order valence-corrected chi connectivity index (χ4v) is 4.12. The van der Waals surface area contributed by atoms with Crippen molar-refractivity contribution in [1.29, 1.82) is 0 Å². The van der Waals surface area contributed by atoms with Crippen LogP contribution in [-0.2, 0) is 6.18 Å². The van der Waals surface area contributed by atoms with Gasteiger partial charge in [-0.25, -0.2) is 4.39 Å². The number of hydrogen-bond acceptors (Lipinski definition) is 3. The average Bonchev–Trinajstić information content (AvgIpc) is 2.73. The largest absolute Gasteiger partial charge is 0.417 e. The van der Waals surface area contributed by atoms with Crippen molar-refractivity contribution in [3.8, 4) is 11.1 Å². The van der Waals surface area contributed by atoms with Crippen molar-refractivity contribution in [3.63, 3.8) is 0 Å². The zero-order valence-electron chi connectivity index (χ0n) is 16.7. The minimum atomic E-state index is -4.55. The predicted molar refractivity (Wildman–Crippen MR) is 112 cm³/mol. The first-order chi connectivity index (χ1) is 14.3. The summed E-state index contributed by atoms with van der Waals surface area (Å²) in [5.41, 5.74) is 0.198. The molecule has 1 unspecified atom stereocenters. The summed E-state index contributed by atoms with van der Waals surface area (Å²) in [6.45, 7) is 5.00. The Morgan fingerprint density at radius 3 is 2.33 bits per heavy atom. The van der Waals surface area contributed by atoms with Crippen LogP contribution in [0, 0.1) is 0 Å². The lowest BCUT2D eigenvalue weighted by molar-refractivity contribution is -0.137. The molecule has 1 fully saturated rings. The van der Waals surface area contributed by atoms with Crippen molar-refractivity contribution >= 4 is 17.3 Å². The van der Waals surface area contributed by atoms with Gasteiger partial charge >= 0.3 is 6.18 Å². The van der Waals surface area contributed by atoms with E-state index in [1.165, 1.54) is 18.2 Å². The summed E-state index contributed by atoms with van der Waals surface area (Å²) in [4.78, 5) is 4.13. The van der Waals surface area contributed by atoms with E-state index in [9.17, 15) is 17.6 Å². The van der Waals surface area contributed by atoms with Crippen molar-refractivity contribution in [3.05, 3.63) is 52.5 Å². The van der Waals surface area contributed by atoms with Crippen molar-refractivity contribution in [2.45, 2.75) is 25.7 Å². The number of anilines is 1. The Morgan fingerprint density at radius 2 is 1.73 bits per heavy atom. The van der Waals surface area contributed by atoms with E-state index in [1.54, 1.807) is 19.1 Å². The van der Waals surface area contributed by atoms with Crippen LogP contribution in [0.1, 0.15) is 30.6 Å². The number of aliphatic hydroxyl groups is 1. The van der Waals surface area contributed by atoms with E-state index in [0.29, 0.717) is 38.4 Å². The molecule has 0 spiro atoms. The first-order valence-corrected chi connectivity index (χ1v) is 10.4. The predicted octanol–water partition coefficient (Wildman–Crippen LogP) is 5.56. The van der Waals surface area contributed by atoms with Crippen LogP contribution in [0.5, 0.6) is 0 Å². The van der Waals surface area contributed by atoms with Gasteiger partial charge in [0, 0.05) is 49.5 Å². The summed E-state index contributed by atoms with van der Waals surface area (Å²) in [5, 5.41) is 9.12. The molecule has 3 rings (SSSR count). The molecule has 30 heavy (non-hydrogen) atoms. The van der Waals surface area contributed by atoms with E-state index in [4.69, 9.17) is 16.7 Å². The molecule has 2 aromatic rings. The van der Waals surface area contributed by atoms with Gasteiger partial charge in [0.25, 0.3) is 0 Å². The molecule has 3 nitrogen and oxygen atoms in total. The summed E-state index contributed by atoms with van der Waals surface area (Å²) < 4.78 is 55.5. The molecule has 0 saturated carbocycles. The summed E-state index contributed by atoms with van der Waals surface area (Å²) >= 11 is 6.45. The second-order valence-electron chi connectivity index (χ2n) is 7.37. The summed E-state index contributed by atoms with van der Waals surface area (Å²) in [6, 6.07) is 8.51. The summed E-state index contributed by atoms with van der Waals surface area (Å²) in [5.74, 6) is 0. The first-order valence-electron chi connectivity index (χ1n) is 9.98. The van der Waals surface area contributed by atoms with Crippen molar-refractivity contribution in [2.24, 2.45) is 0 Å². The van der Waals surface area contributed by atoms with Crippen molar-refractivity contribution in [1.82, 2.24) is 4.90 Å². The van der Waals surface area contributed by atoms with Gasteiger partial charge in [0.1, 0.15) is 6.17 Å². The van der Waals surface area contributed by atoms with E-state index in [1.807, 2.05) is 4.90 Å². The highest BCUT2D eigenvalue weighted by Crippen LogP contribution is 2.44. The molecule has 2 aromatic carbocycles. The molecule has 0 aliphatic carbocycles. The lowest BCUT2D eigenvalue weighted by Gasteiger charge is -2.36. The monoisotopic (exact) mass is 444 g/mol. The molecule has 0 aromatic heterocycles. The smallest absolute Gasteiger partial charge is 0.395 e. The summed E-state index contributed by atoms with van der Waals surface area (Å²) in [7, 11) is 0. The highest BCUT2D eigenvalue weighted by molar-refractivity contribution is 6.34. The van der Waals surface area contributed by atoms with Gasteiger partial charge < -0.3 is 10.0 Å². The highest BCUT2D eigenvalue weighted by Gasteiger charge is 2.34. The number of alkyl halides is 4. The number of aliphatic hydroxyl groups excluding tert-OH is 1. The molecule has 1 aliphatic rings. The topological polar surface area (TPSA) is 26.7 Å². The van der Waals surface area contributed by atoms with Crippen LogP contribution in [0.25, 0.3) is 11.1 Å². The molecular formula is C22H25ClF4N2O. The van der Waals surface area contributed by atoms with E-state index in [0.717, 1.165) is 6.07 Å². The lowest BCUT2D eigenvalue weighted by Crippen LogP contribution is -2.47. The second kappa shape index (κ2) is 9.54. The number of hydrogen-bond donors (Lipinski definition) is 1. The molecule has 164 valence electrons. The Kier molecular flexibility index (Phi) is 7.26. The number of benzene rings is 2. The Bertz CT molecular complexity index is 867. The fourth-order valence-electron chi connectivity index (χ4n) is 3.79. The Labute approximate surface area is 178 Å². The van der Waals surface area contributed by atoms with Crippen LogP contribution in [0.15, 0.2) is 36.4 Å². The molecule has 1 aliphatic heterocycles. The number of piperazine rings is 1. The van der Waals surface area contributed by atoms with Crippen LogP contribution < -0.4 is 4.90 Å².